The third-order valence-electron chi connectivity index (χ3n) is 2.52. The summed E-state index contributed by atoms with van der Waals surface area (Å²) in [6.07, 6.45) is 11.1. The molecule has 1 aliphatic rings. The Morgan fingerprint density at radius 1 is 1.46 bits per heavy atom. The molecule has 0 aliphatic heterocycles. The maximum absolute atomic E-state index is 4.41. The predicted molar refractivity (Wildman–Crippen MR) is 63.3 cm³/mol. The Kier molecular flexibility index (Phi) is 4.37. The van der Waals surface area contributed by atoms with E-state index in [2.05, 4.69) is 38.3 Å². The third kappa shape index (κ3) is 3.43. The largest absolute Gasteiger partial charge is 0.171 e. The Labute approximate surface area is 86.8 Å². The first kappa shape index (κ1) is 10.6. The van der Waals surface area contributed by atoms with Gasteiger partial charge in [0.25, 0.3) is 0 Å². The molecule has 0 saturated carbocycles. The van der Waals surface area contributed by atoms with E-state index in [4.69, 9.17) is 0 Å². The fourth-order valence-electron chi connectivity index (χ4n) is 1.54. The van der Waals surface area contributed by atoms with Crippen molar-refractivity contribution in [1.29, 1.82) is 0 Å². The lowest BCUT2D eigenvalue weighted by atomic mass is 9.94. The van der Waals surface area contributed by atoms with E-state index in [9.17, 15) is 0 Å². The zero-order valence-electron chi connectivity index (χ0n) is 8.29. The van der Waals surface area contributed by atoms with Crippen LogP contribution in [0.2, 0.25) is 0 Å². The van der Waals surface area contributed by atoms with Gasteiger partial charge in [-0.05, 0) is 25.7 Å². The average molecular weight is 194 g/mol. The second-order valence-electron chi connectivity index (χ2n) is 3.51. The van der Waals surface area contributed by atoms with Gasteiger partial charge < -0.3 is 0 Å². The first-order valence-corrected chi connectivity index (χ1v) is 5.46. The van der Waals surface area contributed by atoms with Gasteiger partial charge in [-0.3, -0.25) is 0 Å². The van der Waals surface area contributed by atoms with E-state index in [0.29, 0.717) is 5.25 Å². The van der Waals surface area contributed by atoms with E-state index in [-0.39, 0.29) is 0 Å². The topological polar surface area (TPSA) is 0 Å². The van der Waals surface area contributed by atoms with Crippen LogP contribution >= 0.6 is 12.6 Å². The first-order chi connectivity index (χ1) is 6.26. The molecule has 0 heterocycles. The average Bonchev–Trinajstić information content (AvgIpc) is 2.19. The van der Waals surface area contributed by atoms with Crippen LogP contribution in [-0.4, -0.2) is 5.25 Å². The molecule has 1 unspecified atom stereocenters. The lowest BCUT2D eigenvalue weighted by molar-refractivity contribution is 0.809. The quantitative estimate of drug-likeness (QED) is 0.509. The SMILES string of the molecule is C=CC(S)CC1=CC=C(CC)CC1. The Morgan fingerprint density at radius 3 is 2.54 bits per heavy atom. The van der Waals surface area contributed by atoms with Gasteiger partial charge in [0.05, 0.1) is 0 Å². The van der Waals surface area contributed by atoms with E-state index in [1.54, 1.807) is 5.57 Å². The van der Waals surface area contributed by atoms with Crippen LogP contribution in [0.1, 0.15) is 32.6 Å². The lowest BCUT2D eigenvalue weighted by Gasteiger charge is -2.15. The van der Waals surface area contributed by atoms with E-state index in [1.807, 2.05) is 6.08 Å². The molecule has 0 saturated heterocycles. The van der Waals surface area contributed by atoms with Gasteiger partial charge in [-0.2, -0.15) is 12.6 Å². The Bertz CT molecular complexity index is 236. The van der Waals surface area contributed by atoms with Crippen LogP contribution in [-0.2, 0) is 0 Å². The molecule has 72 valence electrons. The van der Waals surface area contributed by atoms with Crippen LogP contribution in [0.4, 0.5) is 0 Å². The van der Waals surface area contributed by atoms with Gasteiger partial charge in [-0.25, -0.2) is 0 Å². The molecule has 1 rings (SSSR count). The summed E-state index contributed by atoms with van der Waals surface area (Å²) in [6, 6.07) is 0. The minimum absolute atomic E-state index is 0.322. The molecular weight excluding hydrogens is 176 g/mol. The summed E-state index contributed by atoms with van der Waals surface area (Å²) in [5.41, 5.74) is 3.08. The normalized spacial score (nSPS) is 18.9. The highest BCUT2D eigenvalue weighted by atomic mass is 32.1. The minimum atomic E-state index is 0.322. The van der Waals surface area contributed by atoms with Crippen LogP contribution in [0.3, 0.4) is 0 Å². The number of rotatable bonds is 4. The summed E-state index contributed by atoms with van der Waals surface area (Å²) in [5.74, 6) is 0. The van der Waals surface area contributed by atoms with Crippen molar-refractivity contribution in [2.45, 2.75) is 37.9 Å². The van der Waals surface area contributed by atoms with Crippen molar-refractivity contribution < 1.29 is 0 Å². The second-order valence-corrected chi connectivity index (χ2v) is 4.17. The van der Waals surface area contributed by atoms with Crippen molar-refractivity contribution in [3.05, 3.63) is 36.0 Å². The number of hydrogen-bond acceptors (Lipinski definition) is 1. The summed E-state index contributed by atoms with van der Waals surface area (Å²) in [7, 11) is 0. The van der Waals surface area contributed by atoms with E-state index < -0.39 is 0 Å². The standard InChI is InChI=1S/C12H18S/c1-3-10-5-7-11(8-6-10)9-12(13)4-2/h4-5,7,12-13H,2-3,6,8-9H2,1H3. The molecule has 1 heteroatoms. The van der Waals surface area contributed by atoms with Gasteiger partial charge >= 0.3 is 0 Å². The molecule has 0 aromatic heterocycles. The van der Waals surface area contributed by atoms with Gasteiger partial charge in [-0.15, -0.1) is 6.58 Å². The van der Waals surface area contributed by atoms with Crippen molar-refractivity contribution >= 4 is 12.6 Å². The van der Waals surface area contributed by atoms with Crippen molar-refractivity contribution in [1.82, 2.24) is 0 Å². The third-order valence-corrected chi connectivity index (χ3v) is 2.91. The van der Waals surface area contributed by atoms with E-state index in [0.717, 1.165) is 6.42 Å². The molecule has 1 atom stereocenters. The molecule has 0 amide bonds. The molecule has 0 nitrogen and oxygen atoms in total. The monoisotopic (exact) mass is 194 g/mol. The van der Waals surface area contributed by atoms with Crippen molar-refractivity contribution in [2.24, 2.45) is 0 Å². The molecule has 0 aromatic rings. The van der Waals surface area contributed by atoms with Crippen LogP contribution < -0.4 is 0 Å². The van der Waals surface area contributed by atoms with E-state index >= 15 is 0 Å². The second kappa shape index (κ2) is 5.33. The zero-order chi connectivity index (χ0) is 9.68. The molecule has 0 N–H and O–H groups in total. The van der Waals surface area contributed by atoms with Crippen molar-refractivity contribution in [3.8, 4) is 0 Å². The summed E-state index contributed by atoms with van der Waals surface area (Å²) in [6.45, 7) is 5.96. The molecule has 0 spiro atoms. The summed E-state index contributed by atoms with van der Waals surface area (Å²) >= 11 is 4.41. The smallest absolute Gasteiger partial charge is 0.0231 e. The van der Waals surface area contributed by atoms with Gasteiger partial charge in [0.15, 0.2) is 0 Å². The highest BCUT2D eigenvalue weighted by Gasteiger charge is 2.07. The molecule has 13 heavy (non-hydrogen) atoms. The van der Waals surface area contributed by atoms with Crippen molar-refractivity contribution in [3.63, 3.8) is 0 Å². The summed E-state index contributed by atoms with van der Waals surface area (Å²) in [5, 5.41) is 0.322. The van der Waals surface area contributed by atoms with Gasteiger partial charge in [-0.1, -0.05) is 36.3 Å². The maximum atomic E-state index is 4.41. The zero-order valence-corrected chi connectivity index (χ0v) is 9.19. The van der Waals surface area contributed by atoms with Crippen LogP contribution in [0.15, 0.2) is 36.0 Å². The van der Waals surface area contributed by atoms with Gasteiger partial charge in [0, 0.05) is 5.25 Å². The molecule has 0 bridgehead atoms. The Balaban J connectivity index is 2.49. The number of hydrogen-bond donors (Lipinski definition) is 1. The summed E-state index contributed by atoms with van der Waals surface area (Å²) < 4.78 is 0. The van der Waals surface area contributed by atoms with Gasteiger partial charge in [0.1, 0.15) is 0 Å². The molecular formula is C12H18S. The van der Waals surface area contributed by atoms with Crippen LogP contribution in [0, 0.1) is 0 Å². The molecule has 0 radical (unpaired) electrons. The fourth-order valence-corrected chi connectivity index (χ4v) is 1.77. The lowest BCUT2D eigenvalue weighted by Crippen LogP contribution is -1.99. The highest BCUT2D eigenvalue weighted by molar-refractivity contribution is 7.81. The fraction of sp³-hybridized carbons (Fsp3) is 0.500. The number of thiol groups is 1. The molecule has 1 aliphatic carbocycles. The minimum Gasteiger partial charge on any atom is -0.171 e. The molecule has 0 fully saturated rings. The van der Waals surface area contributed by atoms with Crippen LogP contribution in [0.25, 0.3) is 0 Å². The van der Waals surface area contributed by atoms with E-state index in [1.165, 1.54) is 24.8 Å². The number of allylic oxidation sites excluding steroid dienone is 4. The molecule has 0 aromatic carbocycles. The van der Waals surface area contributed by atoms with Gasteiger partial charge in [0.2, 0.25) is 0 Å². The maximum Gasteiger partial charge on any atom is 0.0231 e. The van der Waals surface area contributed by atoms with Crippen molar-refractivity contribution in [2.75, 3.05) is 0 Å². The predicted octanol–water partition coefficient (Wildman–Crippen LogP) is 3.92. The Morgan fingerprint density at radius 2 is 2.08 bits per heavy atom. The van der Waals surface area contributed by atoms with Crippen LogP contribution in [0.5, 0.6) is 0 Å². The summed E-state index contributed by atoms with van der Waals surface area (Å²) in [4.78, 5) is 0. The highest BCUT2D eigenvalue weighted by Crippen LogP contribution is 2.24. The first-order valence-electron chi connectivity index (χ1n) is 4.94. The Hall–Kier alpha value is -0.430.